The molecule has 1 unspecified atom stereocenters. The van der Waals surface area contributed by atoms with Crippen LogP contribution in [0.1, 0.15) is 18.9 Å². The zero-order chi connectivity index (χ0) is 15.4. The molecule has 2 N–H and O–H groups in total. The first kappa shape index (κ1) is 16.5. The highest BCUT2D eigenvalue weighted by Crippen LogP contribution is 2.32. The maximum absolute atomic E-state index is 13.2. The number of nitrogens with two attached hydrogens (primary N) is 1. The van der Waals surface area contributed by atoms with Crippen LogP contribution < -0.4 is 10.5 Å². The normalized spacial score (nSPS) is 12.2. The Bertz CT molecular complexity index is 634. The third-order valence-electron chi connectivity index (χ3n) is 3.14. The predicted octanol–water partition coefficient (Wildman–Crippen LogP) is 5.42. The molecule has 0 saturated heterocycles. The van der Waals surface area contributed by atoms with E-state index in [9.17, 15) is 4.39 Å². The van der Waals surface area contributed by atoms with Gasteiger partial charge in [0.25, 0.3) is 0 Å². The molecule has 0 amide bonds. The van der Waals surface area contributed by atoms with Gasteiger partial charge in [-0.15, -0.1) is 0 Å². The van der Waals surface area contributed by atoms with Crippen LogP contribution in [0.2, 0.25) is 0 Å². The van der Waals surface area contributed by atoms with Crippen LogP contribution in [-0.4, -0.2) is 6.04 Å². The Kier molecular flexibility index (Phi) is 5.79. The van der Waals surface area contributed by atoms with Crippen LogP contribution in [0.5, 0.6) is 11.5 Å². The summed E-state index contributed by atoms with van der Waals surface area (Å²) in [7, 11) is 0. The third-order valence-corrected chi connectivity index (χ3v) is 4.36. The molecule has 5 heteroatoms. The summed E-state index contributed by atoms with van der Waals surface area (Å²) in [6, 6.07) is 10.6. The molecule has 0 aliphatic carbocycles. The topological polar surface area (TPSA) is 35.2 Å². The van der Waals surface area contributed by atoms with Gasteiger partial charge in [0.15, 0.2) is 0 Å². The molecule has 0 bridgehead atoms. The third kappa shape index (κ3) is 4.53. The van der Waals surface area contributed by atoms with E-state index in [4.69, 9.17) is 10.5 Å². The van der Waals surface area contributed by atoms with Gasteiger partial charge >= 0.3 is 0 Å². The maximum Gasteiger partial charge on any atom is 0.141 e. The van der Waals surface area contributed by atoms with Gasteiger partial charge in [-0.05, 0) is 80.6 Å². The van der Waals surface area contributed by atoms with Crippen molar-refractivity contribution in [1.29, 1.82) is 0 Å². The number of hydrogen-bond acceptors (Lipinski definition) is 2. The standard InChI is InChI=1S/C16H16Br2FNO/c1-2-11(20)7-10-3-6-16(14(18)8-10)21-12-4-5-15(19)13(17)9-12/h3-6,8-9,11H,2,7,20H2,1H3. The molecule has 112 valence electrons. The van der Waals surface area contributed by atoms with Gasteiger partial charge in [0, 0.05) is 6.04 Å². The van der Waals surface area contributed by atoms with E-state index in [0.29, 0.717) is 16.0 Å². The van der Waals surface area contributed by atoms with Crippen LogP contribution in [0.4, 0.5) is 4.39 Å². The highest BCUT2D eigenvalue weighted by atomic mass is 79.9. The second kappa shape index (κ2) is 7.38. The summed E-state index contributed by atoms with van der Waals surface area (Å²) in [5.74, 6) is 0.939. The number of ether oxygens (including phenoxy) is 1. The second-order valence-corrected chi connectivity index (χ2v) is 6.52. The van der Waals surface area contributed by atoms with Gasteiger partial charge in [-0.1, -0.05) is 13.0 Å². The molecular formula is C16H16Br2FNO. The fourth-order valence-electron chi connectivity index (χ4n) is 1.87. The fourth-order valence-corrected chi connectivity index (χ4v) is 2.73. The predicted molar refractivity (Wildman–Crippen MR) is 90.3 cm³/mol. The quantitative estimate of drug-likeness (QED) is 0.705. The van der Waals surface area contributed by atoms with Crippen LogP contribution in [0.15, 0.2) is 45.3 Å². The summed E-state index contributed by atoms with van der Waals surface area (Å²) in [5, 5.41) is 0. The van der Waals surface area contributed by atoms with Crippen molar-refractivity contribution in [3.63, 3.8) is 0 Å². The molecule has 2 aromatic carbocycles. The average molecular weight is 417 g/mol. The average Bonchev–Trinajstić information content (AvgIpc) is 2.45. The molecule has 0 heterocycles. The first-order valence-electron chi connectivity index (χ1n) is 6.66. The van der Waals surface area contributed by atoms with Crippen LogP contribution in [0, 0.1) is 5.82 Å². The second-order valence-electron chi connectivity index (χ2n) is 4.82. The van der Waals surface area contributed by atoms with Crippen molar-refractivity contribution in [1.82, 2.24) is 0 Å². The van der Waals surface area contributed by atoms with Crippen molar-refractivity contribution >= 4 is 31.9 Å². The zero-order valence-corrected chi connectivity index (χ0v) is 14.7. The Morgan fingerprint density at radius 2 is 1.90 bits per heavy atom. The Morgan fingerprint density at radius 1 is 1.14 bits per heavy atom. The van der Waals surface area contributed by atoms with Gasteiger partial charge in [-0.3, -0.25) is 0 Å². The molecular weight excluding hydrogens is 401 g/mol. The Hall–Kier alpha value is -0.910. The molecule has 2 nitrogen and oxygen atoms in total. The van der Waals surface area contributed by atoms with E-state index in [-0.39, 0.29) is 11.9 Å². The summed E-state index contributed by atoms with van der Waals surface area (Å²) in [4.78, 5) is 0. The van der Waals surface area contributed by atoms with Gasteiger partial charge in [0.1, 0.15) is 17.3 Å². The molecule has 0 aliphatic rings. The minimum absolute atomic E-state index is 0.164. The van der Waals surface area contributed by atoms with Gasteiger partial charge in [0.2, 0.25) is 0 Å². The Labute approximate surface area is 140 Å². The van der Waals surface area contributed by atoms with E-state index in [1.54, 1.807) is 12.1 Å². The molecule has 1 atom stereocenters. The first-order valence-corrected chi connectivity index (χ1v) is 8.25. The monoisotopic (exact) mass is 415 g/mol. The highest BCUT2D eigenvalue weighted by molar-refractivity contribution is 9.10. The molecule has 0 spiro atoms. The van der Waals surface area contributed by atoms with E-state index >= 15 is 0 Å². The lowest BCUT2D eigenvalue weighted by Crippen LogP contribution is -2.21. The first-order chi connectivity index (χ1) is 9.99. The lowest BCUT2D eigenvalue weighted by atomic mass is 10.0. The van der Waals surface area contributed by atoms with Gasteiger partial charge in [0.05, 0.1) is 8.95 Å². The summed E-state index contributed by atoms with van der Waals surface area (Å²) < 4.78 is 20.2. The Balaban J connectivity index is 2.15. The van der Waals surface area contributed by atoms with E-state index in [2.05, 4.69) is 38.8 Å². The molecule has 0 aliphatic heterocycles. The van der Waals surface area contributed by atoms with Crippen molar-refractivity contribution in [3.05, 3.63) is 56.7 Å². The van der Waals surface area contributed by atoms with Gasteiger partial charge < -0.3 is 10.5 Å². The Morgan fingerprint density at radius 3 is 2.52 bits per heavy atom. The van der Waals surface area contributed by atoms with Crippen molar-refractivity contribution in [2.24, 2.45) is 5.73 Å². The molecule has 2 aromatic rings. The van der Waals surface area contributed by atoms with Crippen molar-refractivity contribution in [3.8, 4) is 11.5 Å². The smallest absolute Gasteiger partial charge is 0.141 e. The minimum atomic E-state index is -0.315. The lowest BCUT2D eigenvalue weighted by molar-refractivity contribution is 0.476. The van der Waals surface area contributed by atoms with Crippen LogP contribution in [0.25, 0.3) is 0 Å². The van der Waals surface area contributed by atoms with Crippen molar-refractivity contribution in [2.75, 3.05) is 0 Å². The molecule has 21 heavy (non-hydrogen) atoms. The van der Waals surface area contributed by atoms with E-state index in [0.717, 1.165) is 22.9 Å². The van der Waals surface area contributed by atoms with Gasteiger partial charge in [-0.2, -0.15) is 0 Å². The maximum atomic E-state index is 13.2. The van der Waals surface area contributed by atoms with Crippen molar-refractivity contribution in [2.45, 2.75) is 25.8 Å². The van der Waals surface area contributed by atoms with Crippen LogP contribution in [0.3, 0.4) is 0 Å². The molecule has 0 saturated carbocycles. The summed E-state index contributed by atoms with van der Waals surface area (Å²) in [5.41, 5.74) is 7.12. The molecule has 2 rings (SSSR count). The summed E-state index contributed by atoms with van der Waals surface area (Å²) >= 11 is 6.64. The molecule has 0 radical (unpaired) electrons. The largest absolute Gasteiger partial charge is 0.456 e. The van der Waals surface area contributed by atoms with E-state index in [1.807, 2.05) is 18.2 Å². The van der Waals surface area contributed by atoms with Gasteiger partial charge in [-0.25, -0.2) is 4.39 Å². The highest BCUT2D eigenvalue weighted by Gasteiger charge is 2.08. The lowest BCUT2D eigenvalue weighted by Gasteiger charge is -2.12. The fraction of sp³-hybridized carbons (Fsp3) is 0.250. The number of benzene rings is 2. The van der Waals surface area contributed by atoms with Crippen LogP contribution >= 0.6 is 31.9 Å². The van der Waals surface area contributed by atoms with Crippen molar-refractivity contribution < 1.29 is 9.13 Å². The SMILES string of the molecule is CCC(N)Cc1ccc(Oc2ccc(F)c(Br)c2)c(Br)c1. The number of halogens is 3. The van der Waals surface area contributed by atoms with Crippen LogP contribution in [-0.2, 0) is 6.42 Å². The number of hydrogen-bond donors (Lipinski definition) is 1. The summed E-state index contributed by atoms with van der Waals surface area (Å²) in [6.07, 6.45) is 1.77. The molecule has 0 aromatic heterocycles. The molecule has 0 fully saturated rings. The minimum Gasteiger partial charge on any atom is -0.456 e. The zero-order valence-electron chi connectivity index (χ0n) is 11.6. The summed E-state index contributed by atoms with van der Waals surface area (Å²) in [6.45, 7) is 2.07. The van der Waals surface area contributed by atoms with E-state index < -0.39 is 0 Å². The number of rotatable bonds is 5. The van der Waals surface area contributed by atoms with E-state index in [1.165, 1.54) is 6.07 Å².